The van der Waals surface area contributed by atoms with Gasteiger partial charge in [-0.2, -0.15) is 0 Å². The first-order valence-corrected chi connectivity index (χ1v) is 15.8. The topological polar surface area (TPSA) is 216 Å². The molecule has 0 aliphatic carbocycles. The summed E-state index contributed by atoms with van der Waals surface area (Å²) in [7, 11) is 5.21. The van der Waals surface area contributed by atoms with Crippen LogP contribution in [0.4, 0.5) is 0 Å². The summed E-state index contributed by atoms with van der Waals surface area (Å²) in [5, 5.41) is 29.6. The van der Waals surface area contributed by atoms with E-state index in [1.807, 2.05) is 31.3 Å². The minimum Gasteiger partial charge on any atom is -0.508 e. The SMILES string of the molecule is CC[C@H](NC(=O)[C@H](Cc1ccc(O)cc1)NC)C(=O)N[C@@H](CCC(N)=O)C(=O)NCc1ccc(CNC(=O)[C@H](CCNC)NC)cc1. The lowest BCUT2D eigenvalue weighted by Gasteiger charge is -2.24. The van der Waals surface area contributed by atoms with Crippen molar-refractivity contribution in [2.45, 2.75) is 76.3 Å². The van der Waals surface area contributed by atoms with Crippen LogP contribution in [-0.2, 0) is 43.5 Å². The molecule has 14 nitrogen and oxygen atoms in total. The number of aromatic hydroxyl groups is 1. The Hall–Kier alpha value is -4.53. The quantitative estimate of drug-likeness (QED) is 0.0831. The Morgan fingerprint density at radius 2 is 1.15 bits per heavy atom. The Bertz CT molecular complexity index is 1310. The van der Waals surface area contributed by atoms with E-state index in [-0.39, 0.29) is 43.5 Å². The third-order valence-corrected chi connectivity index (χ3v) is 7.70. The van der Waals surface area contributed by atoms with Crippen LogP contribution in [0.5, 0.6) is 5.75 Å². The van der Waals surface area contributed by atoms with E-state index >= 15 is 0 Å². The minimum absolute atomic E-state index is 0.0160. The lowest BCUT2D eigenvalue weighted by molar-refractivity contribution is -0.133. The lowest BCUT2D eigenvalue weighted by atomic mass is 10.0. The first-order valence-electron chi connectivity index (χ1n) is 15.8. The number of hydrogen-bond acceptors (Lipinski definition) is 9. The van der Waals surface area contributed by atoms with Gasteiger partial charge in [-0.25, -0.2) is 0 Å². The van der Waals surface area contributed by atoms with E-state index in [0.717, 1.165) is 16.7 Å². The summed E-state index contributed by atoms with van der Waals surface area (Å²) in [6, 6.07) is 10.9. The molecule has 0 unspecified atom stereocenters. The fourth-order valence-electron chi connectivity index (χ4n) is 4.74. The average molecular weight is 655 g/mol. The van der Waals surface area contributed by atoms with E-state index in [0.29, 0.717) is 25.9 Å². The molecule has 2 aromatic carbocycles. The van der Waals surface area contributed by atoms with Crippen LogP contribution >= 0.6 is 0 Å². The second-order valence-electron chi connectivity index (χ2n) is 11.2. The summed E-state index contributed by atoms with van der Waals surface area (Å²) in [4.78, 5) is 63.3. The molecule has 0 radical (unpaired) electrons. The second-order valence-corrected chi connectivity index (χ2v) is 11.2. The van der Waals surface area contributed by atoms with Gasteiger partial charge in [0.15, 0.2) is 0 Å². The van der Waals surface area contributed by atoms with Gasteiger partial charge in [0.1, 0.15) is 17.8 Å². The number of nitrogens with one attached hydrogen (secondary N) is 7. The molecule has 0 aliphatic heterocycles. The van der Waals surface area contributed by atoms with E-state index < -0.39 is 41.8 Å². The standard InChI is InChI=1S/C33H50N8O6/c1-5-25(40-33(47)28(37-4)18-21-10-12-24(42)13-11-21)32(46)41-27(14-15-29(34)43)31(45)39-20-23-8-6-22(7-9-23)19-38-30(44)26(36-3)16-17-35-2/h6-13,25-28,35-37,42H,5,14-20H2,1-4H3,(H2,34,43)(H,38,44)(H,39,45)(H,40,47)(H,41,46)/t25-,26-,27-,28-/m0/s1. The predicted molar refractivity (Wildman–Crippen MR) is 179 cm³/mol. The Morgan fingerprint density at radius 1 is 0.660 bits per heavy atom. The summed E-state index contributed by atoms with van der Waals surface area (Å²) >= 11 is 0. The monoisotopic (exact) mass is 654 g/mol. The molecule has 5 amide bonds. The van der Waals surface area contributed by atoms with Crippen molar-refractivity contribution in [3.8, 4) is 5.75 Å². The minimum atomic E-state index is -1.06. The molecule has 0 aromatic heterocycles. The van der Waals surface area contributed by atoms with Gasteiger partial charge < -0.3 is 48.1 Å². The highest BCUT2D eigenvalue weighted by atomic mass is 16.3. The van der Waals surface area contributed by atoms with Crippen molar-refractivity contribution in [3.05, 3.63) is 65.2 Å². The summed E-state index contributed by atoms with van der Waals surface area (Å²) in [5.74, 6) is -2.07. The van der Waals surface area contributed by atoms with Gasteiger partial charge in [-0.05, 0) is 82.2 Å². The molecule has 258 valence electrons. The van der Waals surface area contributed by atoms with Crippen LogP contribution in [0.3, 0.4) is 0 Å². The van der Waals surface area contributed by atoms with Gasteiger partial charge in [0.2, 0.25) is 29.5 Å². The number of benzene rings is 2. The van der Waals surface area contributed by atoms with Gasteiger partial charge in [0.05, 0.1) is 12.1 Å². The maximum atomic E-state index is 13.2. The maximum absolute atomic E-state index is 13.2. The van der Waals surface area contributed by atoms with Gasteiger partial charge in [-0.1, -0.05) is 43.3 Å². The third-order valence-electron chi connectivity index (χ3n) is 7.70. The van der Waals surface area contributed by atoms with Crippen LogP contribution < -0.4 is 43.0 Å². The zero-order chi connectivity index (χ0) is 34.8. The van der Waals surface area contributed by atoms with Crippen LogP contribution in [0.2, 0.25) is 0 Å². The number of hydrogen-bond donors (Lipinski definition) is 9. The molecule has 2 rings (SSSR count). The molecule has 14 heteroatoms. The van der Waals surface area contributed by atoms with Crippen molar-refractivity contribution >= 4 is 29.5 Å². The lowest BCUT2D eigenvalue weighted by Crippen LogP contribution is -2.56. The molecule has 0 heterocycles. The molecule has 0 bridgehead atoms. The summed E-state index contributed by atoms with van der Waals surface area (Å²) in [5.41, 5.74) is 7.82. The number of rotatable bonds is 21. The molecular formula is C33H50N8O6. The second kappa shape index (κ2) is 20.6. The number of carbonyl (C=O) groups excluding carboxylic acids is 5. The number of carbonyl (C=O) groups is 5. The highest BCUT2D eigenvalue weighted by Gasteiger charge is 2.28. The average Bonchev–Trinajstić information content (AvgIpc) is 3.07. The molecule has 10 N–H and O–H groups in total. The smallest absolute Gasteiger partial charge is 0.243 e. The van der Waals surface area contributed by atoms with E-state index in [2.05, 4.69) is 37.2 Å². The molecule has 0 saturated carbocycles. The normalized spacial score (nSPS) is 13.4. The van der Waals surface area contributed by atoms with Crippen molar-refractivity contribution < 1.29 is 29.1 Å². The van der Waals surface area contributed by atoms with E-state index in [4.69, 9.17) is 5.73 Å². The molecule has 4 atom stereocenters. The van der Waals surface area contributed by atoms with Crippen molar-refractivity contribution in [3.63, 3.8) is 0 Å². The molecule has 47 heavy (non-hydrogen) atoms. The van der Waals surface area contributed by atoms with Crippen molar-refractivity contribution in [1.82, 2.24) is 37.2 Å². The number of phenols is 1. The molecule has 0 spiro atoms. The van der Waals surface area contributed by atoms with Gasteiger partial charge >= 0.3 is 0 Å². The highest BCUT2D eigenvalue weighted by Crippen LogP contribution is 2.12. The Labute approximate surface area is 276 Å². The zero-order valence-corrected chi connectivity index (χ0v) is 27.7. The number of phenolic OH excluding ortho intramolecular Hbond substituents is 1. The van der Waals surface area contributed by atoms with Gasteiger partial charge in [0, 0.05) is 19.5 Å². The van der Waals surface area contributed by atoms with Crippen LogP contribution in [0.25, 0.3) is 0 Å². The van der Waals surface area contributed by atoms with Crippen LogP contribution in [0, 0.1) is 0 Å². The number of amides is 5. The van der Waals surface area contributed by atoms with Crippen molar-refractivity contribution in [2.24, 2.45) is 5.73 Å². The van der Waals surface area contributed by atoms with Gasteiger partial charge in [-0.15, -0.1) is 0 Å². The van der Waals surface area contributed by atoms with Crippen LogP contribution in [-0.4, -0.2) is 86.5 Å². The van der Waals surface area contributed by atoms with Crippen LogP contribution in [0.1, 0.15) is 49.3 Å². The van der Waals surface area contributed by atoms with Gasteiger partial charge in [0.25, 0.3) is 0 Å². The van der Waals surface area contributed by atoms with Crippen molar-refractivity contribution in [1.29, 1.82) is 0 Å². The first-order chi connectivity index (χ1) is 22.5. The molecule has 0 fully saturated rings. The van der Waals surface area contributed by atoms with Crippen LogP contribution in [0.15, 0.2) is 48.5 Å². The molecular weight excluding hydrogens is 604 g/mol. The number of nitrogens with two attached hydrogens (primary N) is 1. The Balaban J connectivity index is 1.96. The van der Waals surface area contributed by atoms with E-state index in [1.165, 1.54) is 12.1 Å². The fraction of sp³-hybridized carbons (Fsp3) is 0.485. The molecule has 0 saturated heterocycles. The fourth-order valence-corrected chi connectivity index (χ4v) is 4.74. The first kappa shape index (κ1) is 38.7. The Morgan fingerprint density at radius 3 is 1.64 bits per heavy atom. The maximum Gasteiger partial charge on any atom is 0.243 e. The molecule has 2 aromatic rings. The number of likely N-dealkylation sites (N-methyl/N-ethyl adjacent to an activating group) is 2. The highest BCUT2D eigenvalue weighted by molar-refractivity contribution is 5.93. The zero-order valence-electron chi connectivity index (χ0n) is 27.7. The Kier molecular flexibility index (Phi) is 16.9. The summed E-state index contributed by atoms with van der Waals surface area (Å²) in [6.07, 6.45) is 1.10. The van der Waals surface area contributed by atoms with Crippen molar-refractivity contribution in [2.75, 3.05) is 27.7 Å². The largest absolute Gasteiger partial charge is 0.508 e. The van der Waals surface area contributed by atoms with E-state index in [1.54, 1.807) is 33.2 Å². The molecule has 0 aliphatic rings. The summed E-state index contributed by atoms with van der Waals surface area (Å²) in [6.45, 7) is 2.96. The number of primary amides is 1. The summed E-state index contributed by atoms with van der Waals surface area (Å²) < 4.78 is 0. The predicted octanol–water partition coefficient (Wildman–Crippen LogP) is -0.702. The van der Waals surface area contributed by atoms with Gasteiger partial charge in [-0.3, -0.25) is 24.0 Å². The van der Waals surface area contributed by atoms with E-state index in [9.17, 15) is 29.1 Å². The third kappa shape index (κ3) is 13.8.